The van der Waals surface area contributed by atoms with Crippen LogP contribution in [0.2, 0.25) is 0 Å². The molecule has 0 aliphatic rings. The summed E-state index contributed by atoms with van der Waals surface area (Å²) in [4.78, 5) is 10.6. The van der Waals surface area contributed by atoms with Crippen LogP contribution in [-0.2, 0) is 11.3 Å². The highest BCUT2D eigenvalue weighted by atomic mass is 16.1. The number of rotatable bonds is 3. The van der Waals surface area contributed by atoms with E-state index in [1.54, 1.807) is 0 Å². The second kappa shape index (κ2) is 4.28. The Hall–Kier alpha value is -1.64. The molecule has 0 radical (unpaired) electrons. The predicted molar refractivity (Wildman–Crippen MR) is 47.1 cm³/mol. The molecule has 3 heteroatoms. The van der Waals surface area contributed by atoms with E-state index in [2.05, 4.69) is 5.32 Å². The van der Waals surface area contributed by atoms with Crippen molar-refractivity contribution >= 4 is 12.1 Å². The molecule has 12 heavy (non-hydrogen) atoms. The van der Waals surface area contributed by atoms with Gasteiger partial charge in [-0.25, -0.2) is 0 Å². The van der Waals surface area contributed by atoms with Crippen molar-refractivity contribution in [3.05, 3.63) is 35.9 Å². The lowest BCUT2D eigenvalue weighted by Gasteiger charge is -2.00. The highest BCUT2D eigenvalue weighted by molar-refractivity contribution is 6.24. The van der Waals surface area contributed by atoms with Crippen LogP contribution < -0.4 is 5.32 Å². The van der Waals surface area contributed by atoms with Gasteiger partial charge in [0.25, 0.3) is 5.91 Å². The van der Waals surface area contributed by atoms with Crippen molar-refractivity contribution in [3.63, 3.8) is 0 Å². The van der Waals surface area contributed by atoms with Crippen LogP contribution in [0.15, 0.2) is 30.3 Å². The van der Waals surface area contributed by atoms with Crippen molar-refractivity contribution < 1.29 is 4.79 Å². The predicted octanol–water partition coefficient (Wildman–Crippen LogP) is 0.952. The molecule has 0 saturated heterocycles. The second-order valence-corrected chi connectivity index (χ2v) is 2.35. The lowest BCUT2D eigenvalue weighted by atomic mass is 10.2. The van der Waals surface area contributed by atoms with Crippen molar-refractivity contribution in [1.29, 1.82) is 5.41 Å². The maximum Gasteiger partial charge on any atom is 0.261 e. The van der Waals surface area contributed by atoms with Crippen LogP contribution in [0.25, 0.3) is 0 Å². The van der Waals surface area contributed by atoms with Crippen LogP contribution in [0.3, 0.4) is 0 Å². The van der Waals surface area contributed by atoms with Gasteiger partial charge in [0.05, 0.1) is 6.21 Å². The van der Waals surface area contributed by atoms with Crippen LogP contribution in [0.5, 0.6) is 0 Å². The number of nitrogens with one attached hydrogen (secondary N) is 2. The summed E-state index contributed by atoms with van der Waals surface area (Å²) < 4.78 is 0. The Labute approximate surface area is 70.9 Å². The smallest absolute Gasteiger partial charge is 0.261 e. The number of benzene rings is 1. The third-order valence-electron chi connectivity index (χ3n) is 1.44. The summed E-state index contributed by atoms with van der Waals surface area (Å²) in [6.07, 6.45) is 0.767. The van der Waals surface area contributed by atoms with Gasteiger partial charge in [0.2, 0.25) is 0 Å². The Morgan fingerprint density at radius 3 is 2.67 bits per heavy atom. The molecule has 0 aliphatic heterocycles. The number of carbonyl (C=O) groups excluding carboxylic acids is 1. The molecule has 0 saturated carbocycles. The summed E-state index contributed by atoms with van der Waals surface area (Å²) in [6.45, 7) is 0.481. The molecule has 0 fully saturated rings. The number of hydrogen-bond acceptors (Lipinski definition) is 2. The highest BCUT2D eigenvalue weighted by Gasteiger charge is 1.94. The van der Waals surface area contributed by atoms with Gasteiger partial charge in [-0.1, -0.05) is 30.3 Å². The van der Waals surface area contributed by atoms with Gasteiger partial charge in [-0.2, -0.15) is 0 Å². The van der Waals surface area contributed by atoms with E-state index in [1.165, 1.54) is 0 Å². The molecular weight excluding hydrogens is 152 g/mol. The third-order valence-corrected chi connectivity index (χ3v) is 1.44. The fourth-order valence-corrected chi connectivity index (χ4v) is 0.836. The summed E-state index contributed by atoms with van der Waals surface area (Å²) in [7, 11) is 0. The van der Waals surface area contributed by atoms with Gasteiger partial charge in [0.15, 0.2) is 0 Å². The van der Waals surface area contributed by atoms with E-state index < -0.39 is 0 Å². The lowest BCUT2D eigenvalue weighted by Crippen LogP contribution is -2.22. The first-order valence-electron chi connectivity index (χ1n) is 3.65. The van der Waals surface area contributed by atoms with Gasteiger partial charge < -0.3 is 10.7 Å². The first-order chi connectivity index (χ1) is 5.83. The molecule has 62 valence electrons. The number of hydrogen-bond donors (Lipinski definition) is 2. The Kier molecular flexibility index (Phi) is 3.02. The Bertz CT molecular complexity index is 269. The second-order valence-electron chi connectivity index (χ2n) is 2.35. The monoisotopic (exact) mass is 162 g/mol. The maximum absolute atomic E-state index is 10.6. The minimum Gasteiger partial charge on any atom is -0.347 e. The van der Waals surface area contributed by atoms with Crippen molar-refractivity contribution in [3.8, 4) is 0 Å². The molecule has 0 unspecified atom stereocenters. The van der Waals surface area contributed by atoms with Gasteiger partial charge in [-0.05, 0) is 5.56 Å². The van der Waals surface area contributed by atoms with E-state index in [0.29, 0.717) is 6.54 Å². The molecule has 3 nitrogen and oxygen atoms in total. The maximum atomic E-state index is 10.6. The summed E-state index contributed by atoms with van der Waals surface area (Å²) in [6, 6.07) is 9.58. The first-order valence-corrected chi connectivity index (χ1v) is 3.65. The highest BCUT2D eigenvalue weighted by Crippen LogP contribution is 1.96. The standard InChI is InChI=1S/C9H10N2O/c10-6-9(12)11-7-8-4-2-1-3-5-8/h1-6,10H,7H2,(H,11,12). The van der Waals surface area contributed by atoms with Crippen LogP contribution >= 0.6 is 0 Å². The summed E-state index contributed by atoms with van der Waals surface area (Å²) >= 11 is 0. The summed E-state index contributed by atoms with van der Waals surface area (Å²) in [5.41, 5.74) is 1.03. The van der Waals surface area contributed by atoms with Gasteiger partial charge in [0.1, 0.15) is 0 Å². The average Bonchev–Trinajstić information content (AvgIpc) is 2.16. The van der Waals surface area contributed by atoms with E-state index in [-0.39, 0.29) is 5.91 Å². The van der Waals surface area contributed by atoms with Gasteiger partial charge >= 0.3 is 0 Å². The van der Waals surface area contributed by atoms with Gasteiger partial charge in [0, 0.05) is 6.54 Å². The fraction of sp³-hybridized carbons (Fsp3) is 0.111. The molecule has 1 aromatic carbocycles. The Balaban J connectivity index is 2.43. The normalized spacial score (nSPS) is 9.00. The zero-order chi connectivity index (χ0) is 8.81. The summed E-state index contributed by atoms with van der Waals surface area (Å²) in [5, 5.41) is 9.20. The van der Waals surface area contributed by atoms with E-state index in [1.807, 2.05) is 30.3 Å². The minimum atomic E-state index is -0.362. The molecule has 0 bridgehead atoms. The average molecular weight is 162 g/mol. The van der Waals surface area contributed by atoms with E-state index >= 15 is 0 Å². The van der Waals surface area contributed by atoms with Gasteiger partial charge in [-0.3, -0.25) is 4.79 Å². The zero-order valence-electron chi connectivity index (χ0n) is 6.58. The SMILES string of the molecule is N=CC(=O)NCc1ccccc1. The summed E-state index contributed by atoms with van der Waals surface area (Å²) in [5.74, 6) is -0.362. The van der Waals surface area contributed by atoms with E-state index in [9.17, 15) is 4.79 Å². The molecule has 0 aromatic heterocycles. The molecule has 0 spiro atoms. The molecule has 0 heterocycles. The number of amides is 1. The fourth-order valence-electron chi connectivity index (χ4n) is 0.836. The largest absolute Gasteiger partial charge is 0.347 e. The van der Waals surface area contributed by atoms with Crippen LogP contribution in [0.1, 0.15) is 5.56 Å². The molecule has 1 amide bonds. The zero-order valence-corrected chi connectivity index (χ0v) is 6.58. The molecular formula is C9H10N2O. The van der Waals surface area contributed by atoms with E-state index in [0.717, 1.165) is 11.8 Å². The van der Waals surface area contributed by atoms with Crippen molar-refractivity contribution in [2.75, 3.05) is 0 Å². The molecule has 1 rings (SSSR count). The molecule has 0 aliphatic carbocycles. The lowest BCUT2D eigenvalue weighted by molar-refractivity contribution is -0.114. The van der Waals surface area contributed by atoms with E-state index in [4.69, 9.17) is 5.41 Å². The van der Waals surface area contributed by atoms with Gasteiger partial charge in [-0.15, -0.1) is 0 Å². The third kappa shape index (κ3) is 2.54. The van der Waals surface area contributed by atoms with Crippen molar-refractivity contribution in [2.24, 2.45) is 0 Å². The topological polar surface area (TPSA) is 53.0 Å². The molecule has 2 N–H and O–H groups in total. The van der Waals surface area contributed by atoms with Crippen LogP contribution in [0, 0.1) is 5.41 Å². The van der Waals surface area contributed by atoms with Crippen molar-refractivity contribution in [2.45, 2.75) is 6.54 Å². The Morgan fingerprint density at radius 2 is 2.08 bits per heavy atom. The quantitative estimate of drug-likeness (QED) is 0.639. The van der Waals surface area contributed by atoms with Crippen LogP contribution in [-0.4, -0.2) is 12.1 Å². The number of carbonyl (C=O) groups is 1. The Morgan fingerprint density at radius 1 is 1.42 bits per heavy atom. The minimum absolute atomic E-state index is 0.362. The first kappa shape index (κ1) is 8.46. The molecule has 0 atom stereocenters. The van der Waals surface area contributed by atoms with Crippen LogP contribution in [0.4, 0.5) is 0 Å². The molecule has 1 aromatic rings. The van der Waals surface area contributed by atoms with Crippen molar-refractivity contribution in [1.82, 2.24) is 5.32 Å².